The van der Waals surface area contributed by atoms with Crippen LogP contribution >= 0.6 is 11.8 Å². The minimum atomic E-state index is -0.648. The van der Waals surface area contributed by atoms with Gasteiger partial charge >= 0.3 is 12.0 Å². The Hall–Kier alpha value is -1.77. The van der Waals surface area contributed by atoms with Crippen LogP contribution in [0.4, 0.5) is 4.79 Å². The highest BCUT2D eigenvalue weighted by atomic mass is 32.2. The van der Waals surface area contributed by atoms with Crippen molar-refractivity contribution in [3.05, 3.63) is 0 Å². The van der Waals surface area contributed by atoms with E-state index >= 15 is 0 Å². The third-order valence-electron chi connectivity index (χ3n) is 4.21. The largest absolute Gasteiger partial charge is 0.454 e. The van der Waals surface area contributed by atoms with Gasteiger partial charge in [0.05, 0.1) is 4.87 Å². The predicted molar refractivity (Wildman–Crippen MR) is 76.8 cm³/mol. The molecule has 3 aliphatic heterocycles. The van der Waals surface area contributed by atoms with Gasteiger partial charge in [-0.25, -0.2) is 9.59 Å². The van der Waals surface area contributed by atoms with E-state index in [1.807, 2.05) is 6.92 Å². The van der Waals surface area contributed by atoms with E-state index in [1.54, 1.807) is 16.7 Å². The van der Waals surface area contributed by atoms with E-state index in [2.05, 4.69) is 5.32 Å². The molecule has 3 rings (SSSR count). The maximum Gasteiger partial charge on any atom is 0.330 e. The number of nitrogens with zero attached hydrogens (tertiary/aromatic N) is 2. The zero-order chi connectivity index (χ0) is 15.9. The minimum Gasteiger partial charge on any atom is -0.454 e. The molecule has 3 fully saturated rings. The molecule has 3 saturated heterocycles. The highest BCUT2D eigenvalue weighted by Gasteiger charge is 2.53. The summed E-state index contributed by atoms with van der Waals surface area (Å²) in [5.74, 6) is -0.719. The summed E-state index contributed by atoms with van der Waals surface area (Å²) < 4.78 is 5.03. The quantitative estimate of drug-likeness (QED) is 0.705. The van der Waals surface area contributed by atoms with Crippen molar-refractivity contribution in [1.82, 2.24) is 15.1 Å². The van der Waals surface area contributed by atoms with Gasteiger partial charge < -0.3 is 15.0 Å². The molecule has 22 heavy (non-hydrogen) atoms. The molecule has 0 saturated carbocycles. The number of imide groups is 1. The van der Waals surface area contributed by atoms with Gasteiger partial charge in [-0.2, -0.15) is 0 Å². The standard InChI is InChI=1S/C13H17N3O5S/c1-13-3-2-9(17)16(13)8(7-22-13)11(19)21-6-10(18)15-5-4-14-12(15)20/h8H,2-7H2,1H3,(H,14,20)/t8-,13+/m1/s1. The second-order valence-electron chi connectivity index (χ2n) is 5.65. The van der Waals surface area contributed by atoms with E-state index in [1.165, 1.54) is 0 Å². The van der Waals surface area contributed by atoms with E-state index in [0.29, 0.717) is 25.1 Å². The molecule has 120 valence electrons. The molecule has 3 aliphatic rings. The molecule has 9 heteroatoms. The van der Waals surface area contributed by atoms with Crippen LogP contribution in [0.5, 0.6) is 0 Å². The smallest absolute Gasteiger partial charge is 0.330 e. The SMILES string of the molecule is C[C@]12CCC(=O)N1[C@@H](C(=O)OCC(=O)N1CCNC1=O)CS2. The number of esters is 1. The number of hydrogen-bond acceptors (Lipinski definition) is 6. The maximum absolute atomic E-state index is 12.2. The van der Waals surface area contributed by atoms with E-state index < -0.39 is 30.6 Å². The summed E-state index contributed by atoms with van der Waals surface area (Å²) in [7, 11) is 0. The number of carbonyl (C=O) groups excluding carboxylic acids is 4. The molecule has 0 unspecified atom stereocenters. The topological polar surface area (TPSA) is 96.0 Å². The van der Waals surface area contributed by atoms with Gasteiger partial charge in [0, 0.05) is 25.3 Å². The summed E-state index contributed by atoms with van der Waals surface area (Å²) in [6.45, 7) is 2.14. The van der Waals surface area contributed by atoms with Crippen LogP contribution < -0.4 is 5.32 Å². The molecule has 0 bridgehead atoms. The normalized spacial score (nSPS) is 30.5. The Balaban J connectivity index is 1.57. The first-order chi connectivity index (χ1) is 10.4. The van der Waals surface area contributed by atoms with Crippen molar-refractivity contribution in [1.29, 1.82) is 0 Å². The van der Waals surface area contributed by atoms with Crippen LogP contribution in [0, 0.1) is 0 Å². The zero-order valence-electron chi connectivity index (χ0n) is 12.2. The van der Waals surface area contributed by atoms with E-state index in [4.69, 9.17) is 4.74 Å². The second-order valence-corrected chi connectivity index (χ2v) is 7.15. The number of thioether (sulfide) groups is 1. The van der Waals surface area contributed by atoms with Gasteiger partial charge in [0.15, 0.2) is 6.61 Å². The lowest BCUT2D eigenvalue weighted by Gasteiger charge is -2.29. The Labute approximate surface area is 131 Å². The second kappa shape index (κ2) is 5.45. The van der Waals surface area contributed by atoms with E-state index in [9.17, 15) is 19.2 Å². The molecule has 1 N–H and O–H groups in total. The lowest BCUT2D eigenvalue weighted by molar-refractivity contribution is -0.157. The van der Waals surface area contributed by atoms with Crippen molar-refractivity contribution < 1.29 is 23.9 Å². The van der Waals surface area contributed by atoms with Crippen molar-refractivity contribution in [3.63, 3.8) is 0 Å². The number of fused-ring (bicyclic) bond motifs is 1. The van der Waals surface area contributed by atoms with Gasteiger partial charge in [0.2, 0.25) is 5.91 Å². The van der Waals surface area contributed by atoms with Crippen LogP contribution in [0.3, 0.4) is 0 Å². The molecule has 0 radical (unpaired) electrons. The van der Waals surface area contributed by atoms with Crippen molar-refractivity contribution in [2.24, 2.45) is 0 Å². The molecule has 2 atom stereocenters. The first kappa shape index (κ1) is 15.1. The molecular weight excluding hydrogens is 310 g/mol. The van der Waals surface area contributed by atoms with Crippen LogP contribution in [0.15, 0.2) is 0 Å². The molecule has 0 aliphatic carbocycles. The summed E-state index contributed by atoms with van der Waals surface area (Å²) in [5.41, 5.74) is 0. The van der Waals surface area contributed by atoms with Crippen molar-refractivity contribution >= 4 is 35.6 Å². The Morgan fingerprint density at radius 2 is 2.23 bits per heavy atom. The molecule has 0 aromatic carbocycles. The molecule has 3 heterocycles. The van der Waals surface area contributed by atoms with Crippen LogP contribution in [0.25, 0.3) is 0 Å². The van der Waals surface area contributed by atoms with Gasteiger partial charge in [0.1, 0.15) is 6.04 Å². The highest BCUT2D eigenvalue weighted by Crippen LogP contribution is 2.47. The number of ether oxygens (including phenoxy) is 1. The third-order valence-corrected chi connectivity index (χ3v) is 5.72. The zero-order valence-corrected chi connectivity index (χ0v) is 13.0. The number of nitrogens with one attached hydrogen (secondary N) is 1. The van der Waals surface area contributed by atoms with Crippen molar-refractivity contribution in [2.75, 3.05) is 25.4 Å². The van der Waals surface area contributed by atoms with Crippen molar-refractivity contribution in [3.8, 4) is 0 Å². The Morgan fingerprint density at radius 3 is 2.91 bits per heavy atom. The summed E-state index contributed by atoms with van der Waals surface area (Å²) in [6.07, 6.45) is 1.15. The molecule has 0 aromatic rings. The number of carbonyl (C=O) groups is 4. The Morgan fingerprint density at radius 1 is 1.45 bits per heavy atom. The first-order valence-corrected chi connectivity index (χ1v) is 8.12. The van der Waals surface area contributed by atoms with Crippen LogP contribution in [0.2, 0.25) is 0 Å². The molecular formula is C13H17N3O5S. The number of urea groups is 1. The monoisotopic (exact) mass is 327 g/mol. The first-order valence-electron chi connectivity index (χ1n) is 7.13. The summed E-state index contributed by atoms with van der Waals surface area (Å²) in [5, 5.41) is 2.50. The summed E-state index contributed by atoms with van der Waals surface area (Å²) >= 11 is 1.56. The average Bonchev–Trinajstić information content (AvgIpc) is 3.12. The van der Waals surface area contributed by atoms with Gasteiger partial charge in [0.25, 0.3) is 5.91 Å². The number of rotatable bonds is 3. The Bertz CT molecular complexity index is 554. The molecule has 8 nitrogen and oxygen atoms in total. The fourth-order valence-corrected chi connectivity index (χ4v) is 4.43. The average molecular weight is 327 g/mol. The van der Waals surface area contributed by atoms with Gasteiger partial charge in [-0.3, -0.25) is 14.5 Å². The maximum atomic E-state index is 12.2. The van der Waals surface area contributed by atoms with Gasteiger partial charge in [-0.05, 0) is 13.3 Å². The van der Waals surface area contributed by atoms with Gasteiger partial charge in [-0.1, -0.05) is 0 Å². The number of hydrogen-bond donors (Lipinski definition) is 1. The summed E-state index contributed by atoms with van der Waals surface area (Å²) in [4.78, 5) is 49.5. The third kappa shape index (κ3) is 2.43. The fraction of sp³-hybridized carbons (Fsp3) is 0.692. The minimum absolute atomic E-state index is 0.0558. The fourth-order valence-electron chi connectivity index (χ4n) is 3.01. The van der Waals surface area contributed by atoms with Gasteiger partial charge in [-0.15, -0.1) is 11.8 Å². The van der Waals surface area contributed by atoms with Crippen molar-refractivity contribution in [2.45, 2.75) is 30.7 Å². The van der Waals surface area contributed by atoms with Crippen LogP contribution in [-0.4, -0.2) is 70.0 Å². The Kier molecular flexibility index (Phi) is 3.75. The highest BCUT2D eigenvalue weighted by molar-refractivity contribution is 8.01. The van der Waals surface area contributed by atoms with Crippen LogP contribution in [0.1, 0.15) is 19.8 Å². The lowest BCUT2D eigenvalue weighted by atomic mass is 10.2. The van der Waals surface area contributed by atoms with E-state index in [0.717, 1.165) is 4.90 Å². The molecule has 4 amide bonds. The molecule has 0 spiro atoms. The molecule has 0 aromatic heterocycles. The summed E-state index contributed by atoms with van der Waals surface area (Å²) in [6, 6.07) is -1.12. The predicted octanol–water partition coefficient (Wildman–Crippen LogP) is -0.465. The lowest BCUT2D eigenvalue weighted by Crippen LogP contribution is -2.47. The number of amides is 4. The van der Waals surface area contributed by atoms with Crippen LogP contribution in [-0.2, 0) is 19.1 Å². The van der Waals surface area contributed by atoms with E-state index in [-0.39, 0.29) is 17.3 Å².